The van der Waals surface area contributed by atoms with Crippen LogP contribution in [-0.2, 0) is 9.53 Å². The van der Waals surface area contributed by atoms with Gasteiger partial charge in [0.1, 0.15) is 6.54 Å². The second-order valence-electron chi connectivity index (χ2n) is 10.2. The topological polar surface area (TPSA) is 78.9 Å². The van der Waals surface area contributed by atoms with Gasteiger partial charge < -0.3 is 19.4 Å². The summed E-state index contributed by atoms with van der Waals surface area (Å²) in [5, 5.41) is 8.87. The number of benzene rings is 2. The van der Waals surface area contributed by atoms with Gasteiger partial charge in [0.2, 0.25) is 5.91 Å². The second-order valence-corrected chi connectivity index (χ2v) is 10.2. The summed E-state index contributed by atoms with van der Waals surface area (Å²) in [6, 6.07) is 19.7. The third kappa shape index (κ3) is 6.19. The Bertz CT molecular complexity index is 1230. The zero-order valence-corrected chi connectivity index (χ0v) is 22.2. The highest BCUT2D eigenvalue weighted by Gasteiger charge is 2.28. The monoisotopic (exact) mass is 513 g/mol. The smallest absolute Gasteiger partial charge is 0.254 e. The summed E-state index contributed by atoms with van der Waals surface area (Å²) < 4.78 is 5.78. The van der Waals surface area contributed by atoms with E-state index in [0.29, 0.717) is 44.9 Å². The van der Waals surface area contributed by atoms with Gasteiger partial charge in [0.25, 0.3) is 5.91 Å². The predicted molar refractivity (Wildman–Crippen MR) is 147 cm³/mol. The van der Waals surface area contributed by atoms with Crippen LogP contribution in [0.25, 0.3) is 11.3 Å². The number of amides is 2. The molecule has 1 atom stereocenters. The Morgan fingerprint density at radius 2 is 1.58 bits per heavy atom. The molecule has 8 nitrogen and oxygen atoms in total. The van der Waals surface area contributed by atoms with Gasteiger partial charge in [-0.3, -0.25) is 9.59 Å². The standard InChI is InChI=1S/C30H35N5O3/c1-22-5-9-24(10-6-22)27-13-14-28(32-31-27)33-15-17-34(18-16-33)29(36)21-35(20-26-4-3-19-38-26)30(37)25-11-7-23(2)8-12-25/h5-14,26H,3-4,15-21H2,1-2H3/t26-/m0/s1. The number of nitrogens with zero attached hydrogens (tertiary/aromatic N) is 5. The molecule has 5 rings (SSSR count). The highest BCUT2D eigenvalue weighted by molar-refractivity contribution is 5.96. The molecule has 3 aromatic rings. The number of hydrogen-bond acceptors (Lipinski definition) is 6. The highest BCUT2D eigenvalue weighted by atomic mass is 16.5. The molecule has 0 unspecified atom stereocenters. The first-order valence-electron chi connectivity index (χ1n) is 13.4. The van der Waals surface area contributed by atoms with E-state index in [-0.39, 0.29) is 24.5 Å². The molecule has 0 saturated carbocycles. The summed E-state index contributed by atoms with van der Waals surface area (Å²) in [4.78, 5) is 32.3. The Morgan fingerprint density at radius 3 is 2.18 bits per heavy atom. The van der Waals surface area contributed by atoms with Gasteiger partial charge in [0.05, 0.1) is 11.8 Å². The lowest BCUT2D eigenvalue weighted by atomic mass is 10.1. The fourth-order valence-electron chi connectivity index (χ4n) is 4.95. The highest BCUT2D eigenvalue weighted by Crippen LogP contribution is 2.20. The fraction of sp³-hybridized carbons (Fsp3) is 0.400. The maximum absolute atomic E-state index is 13.3. The molecular weight excluding hydrogens is 478 g/mol. The number of ether oxygens (including phenoxy) is 1. The van der Waals surface area contributed by atoms with Crippen molar-refractivity contribution in [2.75, 3.05) is 50.8 Å². The van der Waals surface area contributed by atoms with E-state index >= 15 is 0 Å². The van der Waals surface area contributed by atoms with Crippen LogP contribution in [0.15, 0.2) is 60.7 Å². The molecule has 0 N–H and O–H groups in total. The Hall–Kier alpha value is -3.78. The third-order valence-corrected chi connectivity index (χ3v) is 7.31. The minimum Gasteiger partial charge on any atom is -0.376 e. The zero-order chi connectivity index (χ0) is 26.5. The number of rotatable bonds is 7. The zero-order valence-electron chi connectivity index (χ0n) is 22.2. The molecule has 38 heavy (non-hydrogen) atoms. The lowest BCUT2D eigenvalue weighted by molar-refractivity contribution is -0.132. The largest absolute Gasteiger partial charge is 0.376 e. The minimum atomic E-state index is -0.128. The van der Waals surface area contributed by atoms with E-state index in [2.05, 4.69) is 46.3 Å². The van der Waals surface area contributed by atoms with Crippen LogP contribution in [0.3, 0.4) is 0 Å². The van der Waals surface area contributed by atoms with E-state index in [1.807, 2.05) is 48.2 Å². The van der Waals surface area contributed by atoms with Gasteiger partial charge in [-0.15, -0.1) is 10.2 Å². The van der Waals surface area contributed by atoms with Crippen molar-refractivity contribution in [3.05, 3.63) is 77.4 Å². The number of carbonyl (C=O) groups is 2. The number of carbonyl (C=O) groups excluding carboxylic acids is 2. The van der Waals surface area contributed by atoms with Crippen LogP contribution in [-0.4, -0.2) is 83.8 Å². The van der Waals surface area contributed by atoms with Crippen molar-refractivity contribution in [2.45, 2.75) is 32.8 Å². The van der Waals surface area contributed by atoms with Crippen LogP contribution >= 0.6 is 0 Å². The molecular formula is C30H35N5O3. The molecule has 8 heteroatoms. The molecule has 2 aromatic carbocycles. The van der Waals surface area contributed by atoms with Crippen molar-refractivity contribution >= 4 is 17.6 Å². The second kappa shape index (κ2) is 11.7. The lowest BCUT2D eigenvalue weighted by Crippen LogP contribution is -2.52. The molecule has 2 saturated heterocycles. The van der Waals surface area contributed by atoms with Gasteiger partial charge in [0.15, 0.2) is 5.82 Å². The normalized spacial score (nSPS) is 17.5. The maximum atomic E-state index is 13.3. The van der Waals surface area contributed by atoms with E-state index in [1.54, 1.807) is 4.90 Å². The van der Waals surface area contributed by atoms with Crippen molar-refractivity contribution in [1.29, 1.82) is 0 Å². The quantitative estimate of drug-likeness (QED) is 0.479. The van der Waals surface area contributed by atoms with Crippen LogP contribution in [0, 0.1) is 13.8 Å². The molecule has 0 spiro atoms. The summed E-state index contributed by atoms with van der Waals surface area (Å²) in [7, 11) is 0. The molecule has 2 aliphatic rings. The Labute approximate surface area is 224 Å². The number of hydrogen-bond donors (Lipinski definition) is 0. The molecule has 0 bridgehead atoms. The van der Waals surface area contributed by atoms with E-state index in [0.717, 1.165) is 35.5 Å². The van der Waals surface area contributed by atoms with Crippen molar-refractivity contribution in [2.24, 2.45) is 0 Å². The van der Waals surface area contributed by atoms with E-state index in [1.165, 1.54) is 5.56 Å². The number of anilines is 1. The predicted octanol–water partition coefficient (Wildman–Crippen LogP) is 3.73. The molecule has 3 heterocycles. The average Bonchev–Trinajstić information content (AvgIpc) is 3.47. The molecule has 0 radical (unpaired) electrons. The number of aryl methyl sites for hydroxylation is 2. The van der Waals surface area contributed by atoms with Gasteiger partial charge in [-0.1, -0.05) is 47.5 Å². The van der Waals surface area contributed by atoms with Gasteiger partial charge in [-0.05, 0) is 51.0 Å². The Balaban J connectivity index is 1.19. The Kier molecular flexibility index (Phi) is 7.98. The Morgan fingerprint density at radius 1 is 0.895 bits per heavy atom. The van der Waals surface area contributed by atoms with Crippen LogP contribution in [0.1, 0.15) is 34.3 Å². The maximum Gasteiger partial charge on any atom is 0.254 e. The van der Waals surface area contributed by atoms with Gasteiger partial charge in [0, 0.05) is 50.5 Å². The number of piperazine rings is 1. The summed E-state index contributed by atoms with van der Waals surface area (Å²) in [6.07, 6.45) is 1.88. The van der Waals surface area contributed by atoms with E-state index in [9.17, 15) is 9.59 Å². The molecule has 2 amide bonds. The van der Waals surface area contributed by atoms with Gasteiger partial charge in [-0.25, -0.2) is 0 Å². The molecule has 2 fully saturated rings. The minimum absolute atomic E-state index is 0.0181. The first-order valence-corrected chi connectivity index (χ1v) is 13.4. The number of aromatic nitrogens is 2. The third-order valence-electron chi connectivity index (χ3n) is 7.31. The fourth-order valence-corrected chi connectivity index (χ4v) is 4.95. The molecule has 0 aliphatic carbocycles. The first-order chi connectivity index (χ1) is 18.5. The lowest BCUT2D eigenvalue weighted by Gasteiger charge is -2.36. The summed E-state index contributed by atoms with van der Waals surface area (Å²) in [5.41, 5.74) is 4.78. The van der Waals surface area contributed by atoms with Crippen molar-refractivity contribution in [1.82, 2.24) is 20.0 Å². The van der Waals surface area contributed by atoms with Crippen LogP contribution in [0.5, 0.6) is 0 Å². The molecule has 1 aromatic heterocycles. The SMILES string of the molecule is Cc1ccc(C(=O)N(CC(=O)N2CCN(c3ccc(-c4ccc(C)cc4)nn3)CC2)C[C@@H]2CCCO2)cc1. The van der Waals surface area contributed by atoms with Crippen molar-refractivity contribution in [3.8, 4) is 11.3 Å². The van der Waals surface area contributed by atoms with Gasteiger partial charge in [-0.2, -0.15) is 0 Å². The average molecular weight is 514 g/mol. The molecule has 198 valence electrons. The van der Waals surface area contributed by atoms with Crippen LogP contribution in [0.2, 0.25) is 0 Å². The van der Waals surface area contributed by atoms with Crippen molar-refractivity contribution < 1.29 is 14.3 Å². The van der Waals surface area contributed by atoms with Crippen LogP contribution in [0.4, 0.5) is 5.82 Å². The summed E-state index contributed by atoms with van der Waals surface area (Å²) in [6.45, 7) is 7.74. The first kappa shape index (κ1) is 25.9. The summed E-state index contributed by atoms with van der Waals surface area (Å²) >= 11 is 0. The van der Waals surface area contributed by atoms with Crippen molar-refractivity contribution in [3.63, 3.8) is 0 Å². The van der Waals surface area contributed by atoms with E-state index < -0.39 is 0 Å². The van der Waals surface area contributed by atoms with Crippen LogP contribution < -0.4 is 4.90 Å². The summed E-state index contributed by atoms with van der Waals surface area (Å²) in [5.74, 6) is 0.642. The van der Waals surface area contributed by atoms with Gasteiger partial charge >= 0.3 is 0 Å². The molecule has 2 aliphatic heterocycles. The van der Waals surface area contributed by atoms with E-state index in [4.69, 9.17) is 4.74 Å².